The highest BCUT2D eigenvalue weighted by molar-refractivity contribution is 6.11. The summed E-state index contributed by atoms with van der Waals surface area (Å²) in [6.45, 7) is 0. The third kappa shape index (κ3) is 1.87. The van der Waals surface area contributed by atoms with Crippen LogP contribution in [0.25, 0.3) is 10.8 Å². The van der Waals surface area contributed by atoms with Gasteiger partial charge < -0.3 is 10.6 Å². The normalized spacial score (nSPS) is 19.0. The molecule has 1 atom stereocenters. The van der Waals surface area contributed by atoms with Crippen LogP contribution < -0.4 is 10.6 Å². The van der Waals surface area contributed by atoms with Gasteiger partial charge in [-0.2, -0.15) is 5.26 Å². The first-order valence-electron chi connectivity index (χ1n) is 7.33. The topological polar surface area (TPSA) is 64.9 Å². The molecule has 0 unspecified atom stereocenters. The molecule has 0 aromatic heterocycles. The number of nitriles is 1. The summed E-state index contributed by atoms with van der Waals surface area (Å²) < 4.78 is 0. The third-order valence-electron chi connectivity index (χ3n) is 4.20. The van der Waals surface area contributed by atoms with Crippen LogP contribution in [0.1, 0.15) is 5.56 Å². The van der Waals surface area contributed by atoms with Gasteiger partial charge in [0.2, 0.25) is 5.54 Å². The van der Waals surface area contributed by atoms with Gasteiger partial charge in [0, 0.05) is 22.3 Å². The monoisotopic (exact) mass is 299 g/mol. The van der Waals surface area contributed by atoms with E-state index in [1.54, 1.807) is 12.1 Å². The Labute approximate surface area is 133 Å². The van der Waals surface area contributed by atoms with Crippen LogP contribution >= 0.6 is 0 Å². The molecule has 0 aliphatic carbocycles. The quantitative estimate of drug-likeness (QED) is 0.759. The molecule has 4 rings (SSSR count). The lowest BCUT2D eigenvalue weighted by Gasteiger charge is -2.23. The predicted molar refractivity (Wildman–Crippen MR) is 89.9 cm³/mol. The summed E-state index contributed by atoms with van der Waals surface area (Å²) >= 11 is 0. The summed E-state index contributed by atoms with van der Waals surface area (Å²) in [5, 5.41) is 17.8. The standard InChI is InChI=1S/C19H13N3O/c20-12-19(15-9-3-4-10-17(15)21-18(19)23)22-16-11-5-7-13-6-1-2-8-14(13)16/h1-11,22H,(H,21,23)/t19-/m0/s1. The maximum absolute atomic E-state index is 12.5. The maximum atomic E-state index is 12.5. The number of rotatable bonds is 2. The van der Waals surface area contributed by atoms with Gasteiger partial charge in [0.1, 0.15) is 6.07 Å². The van der Waals surface area contributed by atoms with Crippen LogP contribution in [0.15, 0.2) is 66.7 Å². The molecule has 0 spiro atoms. The van der Waals surface area contributed by atoms with Gasteiger partial charge >= 0.3 is 0 Å². The first-order valence-corrected chi connectivity index (χ1v) is 7.33. The Morgan fingerprint density at radius 1 is 0.957 bits per heavy atom. The summed E-state index contributed by atoms with van der Waals surface area (Å²) in [6.07, 6.45) is 0. The number of carbonyl (C=O) groups is 1. The Morgan fingerprint density at radius 3 is 2.57 bits per heavy atom. The van der Waals surface area contributed by atoms with Gasteiger partial charge in [-0.3, -0.25) is 4.79 Å². The van der Waals surface area contributed by atoms with E-state index in [4.69, 9.17) is 0 Å². The number of para-hydroxylation sites is 1. The van der Waals surface area contributed by atoms with Gasteiger partial charge in [0.15, 0.2) is 0 Å². The average Bonchev–Trinajstić information content (AvgIpc) is 2.87. The molecule has 0 radical (unpaired) electrons. The van der Waals surface area contributed by atoms with Crippen molar-refractivity contribution in [3.05, 3.63) is 72.3 Å². The van der Waals surface area contributed by atoms with Gasteiger partial charge in [0.25, 0.3) is 5.91 Å². The van der Waals surface area contributed by atoms with Crippen molar-refractivity contribution >= 4 is 28.1 Å². The summed E-state index contributed by atoms with van der Waals surface area (Å²) in [5.41, 5.74) is 0.671. The lowest BCUT2D eigenvalue weighted by molar-refractivity contribution is -0.118. The van der Waals surface area contributed by atoms with Crippen molar-refractivity contribution in [1.82, 2.24) is 0 Å². The van der Waals surface area contributed by atoms with Crippen molar-refractivity contribution in [3.8, 4) is 6.07 Å². The molecule has 0 fully saturated rings. The number of amides is 1. The lowest BCUT2D eigenvalue weighted by Crippen LogP contribution is -2.40. The number of nitrogens with zero attached hydrogens (tertiary/aromatic N) is 1. The molecule has 0 saturated carbocycles. The number of carbonyl (C=O) groups excluding carboxylic acids is 1. The van der Waals surface area contributed by atoms with E-state index in [0.29, 0.717) is 11.3 Å². The molecule has 1 heterocycles. The minimum Gasteiger partial charge on any atom is -0.355 e. The van der Waals surface area contributed by atoms with E-state index in [1.807, 2.05) is 54.6 Å². The number of benzene rings is 3. The minimum atomic E-state index is -1.42. The van der Waals surface area contributed by atoms with Crippen LogP contribution in [-0.4, -0.2) is 5.91 Å². The molecule has 4 nitrogen and oxygen atoms in total. The van der Waals surface area contributed by atoms with Crippen molar-refractivity contribution in [3.63, 3.8) is 0 Å². The van der Waals surface area contributed by atoms with Crippen LogP contribution in [0.2, 0.25) is 0 Å². The zero-order valence-corrected chi connectivity index (χ0v) is 12.2. The second kappa shape index (κ2) is 4.85. The van der Waals surface area contributed by atoms with E-state index in [0.717, 1.165) is 16.5 Å². The number of fused-ring (bicyclic) bond motifs is 2. The smallest absolute Gasteiger partial charge is 0.269 e. The van der Waals surface area contributed by atoms with E-state index in [9.17, 15) is 10.1 Å². The van der Waals surface area contributed by atoms with Crippen molar-refractivity contribution in [2.75, 3.05) is 10.6 Å². The average molecular weight is 299 g/mol. The number of hydrogen-bond acceptors (Lipinski definition) is 3. The molecule has 0 bridgehead atoms. The van der Waals surface area contributed by atoms with Crippen molar-refractivity contribution in [2.45, 2.75) is 5.54 Å². The van der Waals surface area contributed by atoms with Gasteiger partial charge in [-0.1, -0.05) is 54.6 Å². The maximum Gasteiger partial charge on any atom is 0.269 e. The predicted octanol–water partition coefficient (Wildman–Crippen LogP) is 3.62. The van der Waals surface area contributed by atoms with Crippen molar-refractivity contribution in [1.29, 1.82) is 5.26 Å². The number of nitrogens with one attached hydrogen (secondary N) is 2. The molecule has 1 aliphatic rings. The Kier molecular flexibility index (Phi) is 2.82. The highest BCUT2D eigenvalue weighted by atomic mass is 16.2. The van der Waals surface area contributed by atoms with Crippen LogP contribution in [0.5, 0.6) is 0 Å². The zero-order chi connectivity index (χ0) is 15.9. The molecule has 1 amide bonds. The molecule has 0 saturated heterocycles. The van der Waals surface area contributed by atoms with E-state index in [-0.39, 0.29) is 5.91 Å². The van der Waals surface area contributed by atoms with Crippen LogP contribution in [0.3, 0.4) is 0 Å². The Balaban J connectivity index is 1.89. The van der Waals surface area contributed by atoms with E-state index >= 15 is 0 Å². The number of anilines is 2. The fraction of sp³-hybridized carbons (Fsp3) is 0.0526. The Hall–Kier alpha value is -3.32. The van der Waals surface area contributed by atoms with E-state index < -0.39 is 5.54 Å². The Bertz CT molecular complexity index is 968. The minimum absolute atomic E-state index is 0.353. The highest BCUT2D eigenvalue weighted by Crippen LogP contribution is 2.39. The summed E-state index contributed by atoms with van der Waals surface area (Å²) in [7, 11) is 0. The zero-order valence-electron chi connectivity index (χ0n) is 12.2. The van der Waals surface area contributed by atoms with Gasteiger partial charge in [-0.05, 0) is 17.5 Å². The van der Waals surface area contributed by atoms with Crippen LogP contribution in [0.4, 0.5) is 11.4 Å². The summed E-state index contributed by atoms with van der Waals surface area (Å²) in [5.74, 6) is -0.353. The summed E-state index contributed by atoms with van der Waals surface area (Å²) in [6, 6.07) is 23.1. The van der Waals surface area contributed by atoms with E-state index in [2.05, 4.69) is 16.7 Å². The first kappa shape index (κ1) is 13.4. The molecule has 3 aromatic rings. The van der Waals surface area contributed by atoms with E-state index in [1.165, 1.54) is 0 Å². The summed E-state index contributed by atoms with van der Waals surface area (Å²) in [4.78, 5) is 12.5. The lowest BCUT2D eigenvalue weighted by atomic mass is 9.92. The Morgan fingerprint density at radius 2 is 1.70 bits per heavy atom. The molecule has 3 aromatic carbocycles. The highest BCUT2D eigenvalue weighted by Gasteiger charge is 2.47. The fourth-order valence-corrected chi connectivity index (χ4v) is 3.06. The van der Waals surface area contributed by atoms with Crippen molar-refractivity contribution in [2.24, 2.45) is 0 Å². The van der Waals surface area contributed by atoms with Gasteiger partial charge in [-0.15, -0.1) is 0 Å². The van der Waals surface area contributed by atoms with Crippen molar-refractivity contribution < 1.29 is 4.79 Å². The molecular formula is C19H13N3O. The largest absolute Gasteiger partial charge is 0.355 e. The number of hydrogen-bond donors (Lipinski definition) is 2. The molecular weight excluding hydrogens is 286 g/mol. The molecule has 4 heteroatoms. The van der Waals surface area contributed by atoms with Gasteiger partial charge in [-0.25, -0.2) is 0 Å². The van der Waals surface area contributed by atoms with Crippen LogP contribution in [-0.2, 0) is 10.3 Å². The van der Waals surface area contributed by atoms with Gasteiger partial charge in [0.05, 0.1) is 0 Å². The molecule has 2 N–H and O–H groups in total. The first-order chi connectivity index (χ1) is 11.2. The molecule has 23 heavy (non-hydrogen) atoms. The molecule has 1 aliphatic heterocycles. The van der Waals surface area contributed by atoms with Crippen LogP contribution in [0, 0.1) is 11.3 Å². The third-order valence-corrected chi connectivity index (χ3v) is 4.20. The second-order valence-electron chi connectivity index (χ2n) is 5.51. The molecule has 110 valence electrons. The SMILES string of the molecule is N#C[C@@]1(Nc2cccc3ccccc23)C(=O)Nc2ccccc21. The second-order valence-corrected chi connectivity index (χ2v) is 5.51. The fourth-order valence-electron chi connectivity index (χ4n) is 3.06.